The third-order valence-electron chi connectivity index (χ3n) is 5.52. The molecule has 33 heavy (non-hydrogen) atoms. The van der Waals surface area contributed by atoms with E-state index < -0.39 is 9.73 Å². The van der Waals surface area contributed by atoms with Crippen LogP contribution in [0.4, 0.5) is 0 Å². The molecule has 176 valence electrons. The Balaban J connectivity index is 2.19. The average Bonchev–Trinajstić information content (AvgIpc) is 2.72. The predicted octanol–water partition coefficient (Wildman–Crippen LogP) is 7.57. The van der Waals surface area contributed by atoms with Crippen LogP contribution in [0.25, 0.3) is 11.3 Å². The maximum atomic E-state index is 13.0. The molecule has 2 aromatic carbocycles. The van der Waals surface area contributed by atoms with Crippen LogP contribution in [0.3, 0.4) is 0 Å². The van der Waals surface area contributed by atoms with Gasteiger partial charge >= 0.3 is 0 Å². The van der Waals surface area contributed by atoms with Crippen molar-refractivity contribution in [3.8, 4) is 17.0 Å². The minimum absolute atomic E-state index is 0.0755. The molecule has 3 aromatic rings. The number of hydrogen-bond acceptors (Lipinski definition) is 4. The molecule has 3 rings (SSSR count). The van der Waals surface area contributed by atoms with Gasteiger partial charge in [-0.3, -0.25) is 4.98 Å². The zero-order chi connectivity index (χ0) is 24.4. The summed E-state index contributed by atoms with van der Waals surface area (Å²) in [4.78, 5) is 5.26. The molecule has 1 aromatic heterocycles. The maximum absolute atomic E-state index is 13.0. The summed E-state index contributed by atoms with van der Waals surface area (Å²) in [7, 11) is -3.05. The molecule has 6 heteroatoms. The molecule has 0 bridgehead atoms. The minimum atomic E-state index is -3.05. The highest BCUT2D eigenvalue weighted by Gasteiger charge is 2.23. The fourth-order valence-corrected chi connectivity index (χ4v) is 5.44. The number of nitrogens with one attached hydrogen (secondary N) is 1. The van der Waals surface area contributed by atoms with Crippen LogP contribution >= 0.6 is 11.6 Å². The first-order valence-electron chi connectivity index (χ1n) is 11.2. The van der Waals surface area contributed by atoms with Crippen LogP contribution in [0.5, 0.6) is 5.75 Å². The van der Waals surface area contributed by atoms with Crippen LogP contribution < -0.4 is 4.74 Å². The van der Waals surface area contributed by atoms with Crippen LogP contribution in [-0.4, -0.2) is 15.4 Å². The molecule has 0 radical (unpaired) electrons. The zero-order valence-electron chi connectivity index (χ0n) is 20.3. The lowest BCUT2D eigenvalue weighted by atomic mass is 9.85. The summed E-state index contributed by atoms with van der Waals surface area (Å²) in [6.45, 7) is 10.8. The van der Waals surface area contributed by atoms with Gasteiger partial charge in [-0.2, -0.15) is 0 Å². The maximum Gasteiger partial charge on any atom is 0.140 e. The number of nitrogens with zero attached hydrogens (tertiary/aromatic N) is 1. The summed E-state index contributed by atoms with van der Waals surface area (Å²) < 4.78 is 27.5. The van der Waals surface area contributed by atoms with Crippen molar-refractivity contribution in [3.63, 3.8) is 0 Å². The van der Waals surface area contributed by atoms with Crippen molar-refractivity contribution in [3.05, 3.63) is 75.9 Å². The molecular weight excluding hydrogens is 452 g/mol. The number of ether oxygens (including phenoxy) is 1. The molecule has 0 aliphatic carbocycles. The van der Waals surface area contributed by atoms with Crippen molar-refractivity contribution < 1.29 is 8.95 Å². The van der Waals surface area contributed by atoms with Gasteiger partial charge in [-0.15, -0.1) is 0 Å². The van der Waals surface area contributed by atoms with E-state index in [4.69, 9.17) is 26.1 Å². The highest BCUT2D eigenvalue weighted by atomic mass is 35.5. The van der Waals surface area contributed by atoms with Crippen molar-refractivity contribution in [1.82, 2.24) is 4.98 Å². The monoisotopic (exact) mass is 484 g/mol. The van der Waals surface area contributed by atoms with Crippen LogP contribution in [0.15, 0.2) is 53.4 Å². The molecule has 1 N–H and O–H groups in total. The van der Waals surface area contributed by atoms with Gasteiger partial charge in [-0.05, 0) is 41.5 Å². The second kappa shape index (κ2) is 9.86. The topological polar surface area (TPSA) is 63.0 Å². The standard InChI is InChI=1S/C27H33ClN2O2S/c1-7-11-23-26(33(6,29)31)25(32-17-19-12-9-8-10-13-19)16-24(30-23)20-15-22(28)21(14-18(20)2)27(3,4)5/h8-10,12-16,29H,7,11,17H2,1-6H3. The van der Waals surface area contributed by atoms with Crippen molar-refractivity contribution in [2.24, 2.45) is 0 Å². The Morgan fingerprint density at radius 1 is 1.12 bits per heavy atom. The SMILES string of the molecule is CCCc1nc(-c2cc(Cl)c(C(C)(C)C)cc2C)cc(OCc2ccccc2)c1S(C)(=N)=O. The van der Waals surface area contributed by atoms with Gasteiger partial charge in [0, 0.05) is 22.9 Å². The van der Waals surface area contributed by atoms with E-state index in [-0.39, 0.29) is 5.41 Å². The third-order valence-corrected chi connectivity index (χ3v) is 7.05. The minimum Gasteiger partial charge on any atom is -0.487 e. The van der Waals surface area contributed by atoms with Crippen LogP contribution in [0, 0.1) is 11.7 Å². The van der Waals surface area contributed by atoms with E-state index in [9.17, 15) is 4.21 Å². The normalized spacial score (nSPS) is 13.5. The molecule has 0 fully saturated rings. The van der Waals surface area contributed by atoms with Crippen LogP contribution in [-0.2, 0) is 28.2 Å². The Labute approximate surface area is 203 Å². The van der Waals surface area contributed by atoms with E-state index in [0.29, 0.717) is 40.1 Å². The van der Waals surface area contributed by atoms with Gasteiger partial charge in [0.1, 0.15) is 17.3 Å². The Morgan fingerprint density at radius 2 is 1.79 bits per heavy atom. The lowest BCUT2D eigenvalue weighted by molar-refractivity contribution is 0.297. The molecule has 4 nitrogen and oxygen atoms in total. The number of aryl methyl sites for hydroxylation is 2. The first-order chi connectivity index (χ1) is 15.4. The van der Waals surface area contributed by atoms with Crippen LogP contribution in [0.1, 0.15) is 56.5 Å². The highest BCUT2D eigenvalue weighted by Crippen LogP contribution is 2.38. The molecule has 0 aliphatic heterocycles. The smallest absolute Gasteiger partial charge is 0.140 e. The van der Waals surface area contributed by atoms with Crippen LogP contribution in [0.2, 0.25) is 5.02 Å². The van der Waals surface area contributed by atoms with Crippen molar-refractivity contribution >= 4 is 21.3 Å². The molecule has 0 amide bonds. The molecule has 0 saturated heterocycles. The third kappa shape index (κ3) is 5.96. The van der Waals surface area contributed by atoms with Gasteiger partial charge in [0.2, 0.25) is 0 Å². The van der Waals surface area contributed by atoms with E-state index in [0.717, 1.165) is 28.7 Å². The fraction of sp³-hybridized carbons (Fsp3) is 0.370. The molecule has 0 spiro atoms. The second-order valence-electron chi connectivity index (χ2n) is 9.55. The van der Waals surface area contributed by atoms with E-state index in [1.807, 2.05) is 56.3 Å². The number of rotatable bonds is 7. The Kier molecular flexibility index (Phi) is 7.55. The second-order valence-corrected chi connectivity index (χ2v) is 12.0. The van der Waals surface area contributed by atoms with Gasteiger partial charge < -0.3 is 4.74 Å². The predicted molar refractivity (Wildman–Crippen MR) is 138 cm³/mol. The average molecular weight is 485 g/mol. The van der Waals surface area contributed by atoms with Crippen molar-refractivity contribution in [1.29, 1.82) is 4.78 Å². The van der Waals surface area contributed by atoms with Gasteiger partial charge in [-0.1, -0.05) is 82.1 Å². The zero-order valence-corrected chi connectivity index (χ0v) is 21.9. The van der Waals surface area contributed by atoms with E-state index in [1.165, 1.54) is 6.26 Å². The summed E-state index contributed by atoms with van der Waals surface area (Å²) in [6.07, 6.45) is 2.86. The first-order valence-corrected chi connectivity index (χ1v) is 13.5. The summed E-state index contributed by atoms with van der Waals surface area (Å²) in [5, 5.41) is 0.692. The largest absolute Gasteiger partial charge is 0.487 e. The summed E-state index contributed by atoms with van der Waals surface area (Å²) >= 11 is 6.69. The molecule has 1 unspecified atom stereocenters. The summed E-state index contributed by atoms with van der Waals surface area (Å²) in [5.74, 6) is 0.449. The van der Waals surface area contributed by atoms with Gasteiger partial charge in [-0.25, -0.2) is 8.99 Å². The number of benzene rings is 2. The number of hydrogen-bond donors (Lipinski definition) is 1. The highest BCUT2D eigenvalue weighted by molar-refractivity contribution is 7.91. The molecule has 0 saturated carbocycles. The van der Waals surface area contributed by atoms with Crippen molar-refractivity contribution in [2.45, 2.75) is 64.4 Å². The van der Waals surface area contributed by atoms with E-state index in [1.54, 1.807) is 0 Å². The Morgan fingerprint density at radius 3 is 2.36 bits per heavy atom. The summed E-state index contributed by atoms with van der Waals surface area (Å²) in [6, 6.07) is 15.7. The van der Waals surface area contributed by atoms with Crippen molar-refractivity contribution in [2.75, 3.05) is 6.26 Å². The van der Waals surface area contributed by atoms with E-state index in [2.05, 4.69) is 26.8 Å². The molecule has 1 heterocycles. The quantitative estimate of drug-likeness (QED) is 0.376. The molecular formula is C27H33ClN2O2S. The molecule has 0 aliphatic rings. The number of halogens is 1. The molecule has 1 atom stereocenters. The first kappa shape index (κ1) is 25.3. The number of pyridine rings is 1. The fourth-order valence-electron chi connectivity index (χ4n) is 3.90. The summed E-state index contributed by atoms with van der Waals surface area (Å²) in [5.41, 5.74) is 5.34. The van der Waals surface area contributed by atoms with Gasteiger partial charge in [0.25, 0.3) is 0 Å². The van der Waals surface area contributed by atoms with Gasteiger partial charge in [0.15, 0.2) is 0 Å². The van der Waals surface area contributed by atoms with Gasteiger partial charge in [0.05, 0.1) is 21.1 Å². The van der Waals surface area contributed by atoms with E-state index >= 15 is 0 Å². The Hall–Kier alpha value is -2.37. The lowest BCUT2D eigenvalue weighted by Gasteiger charge is -2.23. The lowest BCUT2D eigenvalue weighted by Crippen LogP contribution is -2.13. The number of aromatic nitrogens is 1. The Bertz CT molecular complexity index is 1250.